The second kappa shape index (κ2) is 7.34. The first-order valence-corrected chi connectivity index (χ1v) is 8.76. The molecule has 0 spiro atoms. The molecule has 1 aromatic carbocycles. The molecule has 2 fully saturated rings. The van der Waals surface area contributed by atoms with Crippen LogP contribution in [-0.2, 0) is 0 Å². The van der Waals surface area contributed by atoms with Crippen molar-refractivity contribution in [3.8, 4) is 0 Å². The van der Waals surface area contributed by atoms with E-state index in [0.29, 0.717) is 12.1 Å². The van der Waals surface area contributed by atoms with Crippen molar-refractivity contribution in [2.24, 2.45) is 5.73 Å². The summed E-state index contributed by atoms with van der Waals surface area (Å²) in [6.45, 7) is 1.31. The van der Waals surface area contributed by atoms with Gasteiger partial charge in [-0.05, 0) is 69.2 Å². The highest BCUT2D eigenvalue weighted by atomic mass is 16.3. The van der Waals surface area contributed by atoms with E-state index in [1.807, 2.05) is 0 Å². The molecule has 1 aliphatic heterocycles. The second-order valence-electron chi connectivity index (χ2n) is 6.83. The maximum Gasteiger partial charge on any atom is 0.0635 e. The number of piperidine rings is 1. The molecule has 3 rings (SSSR count). The molecular weight excluding hydrogens is 274 g/mol. The number of nitrogens with two attached hydrogens (primary N) is 1. The molecule has 4 heteroatoms. The summed E-state index contributed by atoms with van der Waals surface area (Å²) in [5, 5.41) is 13.2. The van der Waals surface area contributed by atoms with Crippen LogP contribution in [0, 0.1) is 0 Å². The van der Waals surface area contributed by atoms with Crippen LogP contribution in [0.1, 0.15) is 44.9 Å². The molecule has 0 aromatic heterocycles. The summed E-state index contributed by atoms with van der Waals surface area (Å²) in [5.41, 5.74) is 8.39. The standard InChI is InChI=1S/C18H29N3O/c19-14-4-6-15(7-5-14)20-16-8-10-17(11-9-16)21-12-2-1-3-18(21)13-22/h8-11,14-15,18,20,22H,1-7,12-13,19H2. The van der Waals surface area contributed by atoms with Gasteiger partial charge in [0.2, 0.25) is 0 Å². The Morgan fingerprint density at radius 2 is 1.77 bits per heavy atom. The Morgan fingerprint density at radius 1 is 1.05 bits per heavy atom. The molecule has 1 saturated carbocycles. The minimum atomic E-state index is 0.252. The Balaban J connectivity index is 1.60. The third-order valence-electron chi connectivity index (χ3n) is 5.18. The van der Waals surface area contributed by atoms with Crippen molar-refractivity contribution in [1.29, 1.82) is 0 Å². The summed E-state index contributed by atoms with van der Waals surface area (Å²) >= 11 is 0. The second-order valence-corrected chi connectivity index (χ2v) is 6.83. The Bertz CT molecular complexity index is 454. The minimum absolute atomic E-state index is 0.252. The predicted octanol–water partition coefficient (Wildman–Crippen LogP) is 2.72. The topological polar surface area (TPSA) is 61.5 Å². The third-order valence-corrected chi connectivity index (χ3v) is 5.18. The van der Waals surface area contributed by atoms with E-state index in [2.05, 4.69) is 34.5 Å². The number of nitrogens with zero attached hydrogens (tertiary/aromatic N) is 1. The molecule has 0 bridgehead atoms. The molecule has 2 aliphatic rings. The number of aliphatic hydroxyl groups is 1. The first-order valence-electron chi connectivity index (χ1n) is 8.76. The molecular formula is C18H29N3O. The highest BCUT2D eigenvalue weighted by Crippen LogP contribution is 2.27. The number of hydrogen-bond donors (Lipinski definition) is 3. The third kappa shape index (κ3) is 3.73. The van der Waals surface area contributed by atoms with Crippen LogP contribution >= 0.6 is 0 Å². The van der Waals surface area contributed by atoms with E-state index in [1.54, 1.807) is 0 Å². The monoisotopic (exact) mass is 303 g/mol. The average molecular weight is 303 g/mol. The summed E-state index contributed by atoms with van der Waals surface area (Å²) in [6, 6.07) is 9.96. The molecule has 1 unspecified atom stereocenters. The van der Waals surface area contributed by atoms with Gasteiger partial charge >= 0.3 is 0 Å². The largest absolute Gasteiger partial charge is 0.394 e. The number of nitrogens with one attached hydrogen (secondary N) is 1. The van der Waals surface area contributed by atoms with Gasteiger partial charge in [-0.25, -0.2) is 0 Å². The van der Waals surface area contributed by atoms with Crippen molar-refractivity contribution in [3.05, 3.63) is 24.3 Å². The van der Waals surface area contributed by atoms with Gasteiger partial charge in [-0.2, -0.15) is 0 Å². The van der Waals surface area contributed by atoms with Gasteiger partial charge in [0.05, 0.1) is 12.6 Å². The molecule has 22 heavy (non-hydrogen) atoms. The summed E-state index contributed by atoms with van der Waals surface area (Å²) in [6.07, 6.45) is 8.13. The van der Waals surface area contributed by atoms with E-state index >= 15 is 0 Å². The molecule has 4 nitrogen and oxygen atoms in total. The molecule has 0 amide bonds. The maximum absolute atomic E-state index is 9.55. The Kier molecular flexibility index (Phi) is 5.21. The molecule has 1 aromatic rings. The summed E-state index contributed by atoms with van der Waals surface area (Å²) in [5.74, 6) is 0. The van der Waals surface area contributed by atoms with Gasteiger partial charge in [-0.3, -0.25) is 0 Å². The normalized spacial score (nSPS) is 29.4. The van der Waals surface area contributed by atoms with E-state index in [0.717, 1.165) is 25.8 Å². The Morgan fingerprint density at radius 3 is 2.45 bits per heavy atom. The van der Waals surface area contributed by atoms with E-state index < -0.39 is 0 Å². The van der Waals surface area contributed by atoms with Crippen LogP contribution < -0.4 is 16.0 Å². The van der Waals surface area contributed by atoms with Gasteiger partial charge in [-0.15, -0.1) is 0 Å². The minimum Gasteiger partial charge on any atom is -0.394 e. The highest BCUT2D eigenvalue weighted by molar-refractivity contribution is 5.56. The fraction of sp³-hybridized carbons (Fsp3) is 0.667. The van der Waals surface area contributed by atoms with Crippen molar-refractivity contribution in [2.45, 2.75) is 63.1 Å². The first kappa shape index (κ1) is 15.6. The maximum atomic E-state index is 9.55. The number of benzene rings is 1. The molecule has 1 heterocycles. The van der Waals surface area contributed by atoms with Gasteiger partial charge < -0.3 is 21.1 Å². The lowest BCUT2D eigenvalue weighted by Gasteiger charge is -2.36. The van der Waals surface area contributed by atoms with E-state index in [9.17, 15) is 5.11 Å². The summed E-state index contributed by atoms with van der Waals surface area (Å²) < 4.78 is 0. The number of hydrogen-bond acceptors (Lipinski definition) is 4. The van der Waals surface area contributed by atoms with E-state index in [-0.39, 0.29) is 12.6 Å². The molecule has 122 valence electrons. The molecule has 1 aliphatic carbocycles. The van der Waals surface area contributed by atoms with Crippen LogP contribution in [0.25, 0.3) is 0 Å². The van der Waals surface area contributed by atoms with Gasteiger partial charge in [0.1, 0.15) is 0 Å². The van der Waals surface area contributed by atoms with Crippen LogP contribution in [0.3, 0.4) is 0 Å². The zero-order valence-electron chi connectivity index (χ0n) is 13.4. The SMILES string of the molecule is NC1CCC(Nc2ccc(N3CCCCC3CO)cc2)CC1. The van der Waals surface area contributed by atoms with E-state index in [1.165, 1.54) is 37.1 Å². The number of rotatable bonds is 4. The van der Waals surface area contributed by atoms with Gasteiger partial charge in [-0.1, -0.05) is 0 Å². The summed E-state index contributed by atoms with van der Waals surface area (Å²) in [4.78, 5) is 2.35. The van der Waals surface area contributed by atoms with Gasteiger partial charge in [0.25, 0.3) is 0 Å². The average Bonchev–Trinajstić information content (AvgIpc) is 2.58. The Labute approximate surface area is 133 Å². The van der Waals surface area contributed by atoms with Crippen molar-refractivity contribution in [3.63, 3.8) is 0 Å². The molecule has 1 saturated heterocycles. The lowest BCUT2D eigenvalue weighted by Crippen LogP contribution is -2.41. The van der Waals surface area contributed by atoms with Gasteiger partial charge in [0, 0.05) is 30.0 Å². The number of aliphatic hydroxyl groups excluding tert-OH is 1. The number of anilines is 2. The lowest BCUT2D eigenvalue weighted by molar-refractivity contribution is 0.240. The van der Waals surface area contributed by atoms with Crippen LogP contribution in [0.2, 0.25) is 0 Å². The van der Waals surface area contributed by atoms with Crippen molar-refractivity contribution in [1.82, 2.24) is 0 Å². The smallest absolute Gasteiger partial charge is 0.0635 e. The Hall–Kier alpha value is -1.26. The predicted molar refractivity (Wildman–Crippen MR) is 92.4 cm³/mol. The van der Waals surface area contributed by atoms with Crippen molar-refractivity contribution in [2.75, 3.05) is 23.4 Å². The quantitative estimate of drug-likeness (QED) is 0.800. The highest BCUT2D eigenvalue weighted by Gasteiger charge is 2.22. The van der Waals surface area contributed by atoms with Gasteiger partial charge in [0.15, 0.2) is 0 Å². The fourth-order valence-corrected chi connectivity index (χ4v) is 3.78. The first-order chi connectivity index (χ1) is 10.8. The van der Waals surface area contributed by atoms with Crippen LogP contribution in [0.15, 0.2) is 24.3 Å². The van der Waals surface area contributed by atoms with Crippen LogP contribution in [0.4, 0.5) is 11.4 Å². The lowest BCUT2D eigenvalue weighted by atomic mass is 9.91. The zero-order valence-corrected chi connectivity index (χ0v) is 13.4. The van der Waals surface area contributed by atoms with Crippen LogP contribution in [0.5, 0.6) is 0 Å². The fourth-order valence-electron chi connectivity index (χ4n) is 3.78. The van der Waals surface area contributed by atoms with Crippen molar-refractivity contribution >= 4 is 11.4 Å². The molecule has 0 radical (unpaired) electrons. The van der Waals surface area contributed by atoms with E-state index in [4.69, 9.17) is 5.73 Å². The van der Waals surface area contributed by atoms with Crippen LogP contribution in [-0.4, -0.2) is 36.4 Å². The van der Waals surface area contributed by atoms with Crippen molar-refractivity contribution < 1.29 is 5.11 Å². The summed E-state index contributed by atoms with van der Waals surface area (Å²) in [7, 11) is 0. The molecule has 4 N–H and O–H groups in total. The molecule has 1 atom stereocenters. The zero-order chi connectivity index (χ0) is 15.4.